The largest absolute Gasteiger partial charge is 0.374 e. The van der Waals surface area contributed by atoms with Crippen LogP contribution in [0.4, 0.5) is 0 Å². The molecule has 0 saturated carbocycles. The van der Waals surface area contributed by atoms with E-state index >= 15 is 0 Å². The fourth-order valence-corrected chi connectivity index (χ4v) is 1.52. The first-order valence-corrected chi connectivity index (χ1v) is 5.59. The second-order valence-corrected chi connectivity index (χ2v) is 4.22. The van der Waals surface area contributed by atoms with Crippen LogP contribution >= 0.6 is 11.6 Å². The van der Waals surface area contributed by atoms with E-state index in [9.17, 15) is 0 Å². The van der Waals surface area contributed by atoms with E-state index in [0.717, 1.165) is 12.1 Å². The summed E-state index contributed by atoms with van der Waals surface area (Å²) in [5, 5.41) is 0.496. The minimum absolute atomic E-state index is 0.433. The lowest BCUT2D eigenvalue weighted by atomic mass is 10.1. The molecule has 1 aromatic heterocycles. The minimum atomic E-state index is 0.433. The lowest BCUT2D eigenvalue weighted by molar-refractivity contribution is 0.128. The van der Waals surface area contributed by atoms with Gasteiger partial charge in [-0.1, -0.05) is 25.4 Å². The highest BCUT2D eigenvalue weighted by atomic mass is 35.5. The zero-order valence-electron chi connectivity index (χ0n) is 9.46. The number of hydrogen-bond acceptors (Lipinski definition) is 3. The standard InChI is InChI=1S/C11H17ClN2O/c1-4-15-7-11-13-9(5-8(2)3)6-10(12)14-11/h6,8H,4-5,7H2,1-3H3. The van der Waals surface area contributed by atoms with Crippen LogP contribution in [0.3, 0.4) is 0 Å². The highest BCUT2D eigenvalue weighted by molar-refractivity contribution is 6.29. The smallest absolute Gasteiger partial charge is 0.155 e. The Kier molecular flexibility index (Phi) is 4.99. The molecule has 4 heteroatoms. The van der Waals surface area contributed by atoms with Crippen molar-refractivity contribution in [3.05, 3.63) is 22.7 Å². The van der Waals surface area contributed by atoms with Crippen molar-refractivity contribution in [2.45, 2.75) is 33.8 Å². The molecule has 0 amide bonds. The van der Waals surface area contributed by atoms with Gasteiger partial charge in [-0.05, 0) is 25.3 Å². The van der Waals surface area contributed by atoms with Gasteiger partial charge in [-0.2, -0.15) is 0 Å². The summed E-state index contributed by atoms with van der Waals surface area (Å²) in [5.41, 5.74) is 0.986. The topological polar surface area (TPSA) is 35.0 Å². The third-order valence-corrected chi connectivity index (χ3v) is 2.04. The second-order valence-electron chi connectivity index (χ2n) is 3.83. The number of ether oxygens (including phenoxy) is 1. The maximum atomic E-state index is 5.91. The van der Waals surface area contributed by atoms with E-state index in [1.54, 1.807) is 0 Å². The van der Waals surface area contributed by atoms with Crippen molar-refractivity contribution in [3.8, 4) is 0 Å². The molecular weight excluding hydrogens is 212 g/mol. The van der Waals surface area contributed by atoms with Gasteiger partial charge in [0, 0.05) is 12.3 Å². The van der Waals surface area contributed by atoms with Gasteiger partial charge in [-0.15, -0.1) is 0 Å². The van der Waals surface area contributed by atoms with Crippen LogP contribution in [0.15, 0.2) is 6.07 Å². The maximum absolute atomic E-state index is 5.91. The minimum Gasteiger partial charge on any atom is -0.374 e. The van der Waals surface area contributed by atoms with Gasteiger partial charge in [0.25, 0.3) is 0 Å². The Morgan fingerprint density at radius 2 is 2.13 bits per heavy atom. The van der Waals surface area contributed by atoms with Gasteiger partial charge in [-0.25, -0.2) is 9.97 Å². The van der Waals surface area contributed by atoms with Gasteiger partial charge in [0.2, 0.25) is 0 Å². The van der Waals surface area contributed by atoms with Crippen LogP contribution in [0.2, 0.25) is 5.15 Å². The van der Waals surface area contributed by atoms with Crippen molar-refractivity contribution in [3.63, 3.8) is 0 Å². The lowest BCUT2D eigenvalue weighted by Gasteiger charge is -2.07. The van der Waals surface area contributed by atoms with E-state index < -0.39 is 0 Å². The first kappa shape index (κ1) is 12.4. The van der Waals surface area contributed by atoms with Gasteiger partial charge in [0.15, 0.2) is 5.82 Å². The average Bonchev–Trinajstić information content (AvgIpc) is 2.12. The molecule has 3 nitrogen and oxygen atoms in total. The summed E-state index contributed by atoms with van der Waals surface area (Å²) in [6.45, 7) is 7.34. The summed E-state index contributed by atoms with van der Waals surface area (Å²) >= 11 is 5.91. The van der Waals surface area contributed by atoms with Crippen molar-refractivity contribution < 1.29 is 4.74 Å². The molecule has 0 atom stereocenters. The Balaban J connectivity index is 2.75. The molecule has 1 heterocycles. The lowest BCUT2D eigenvalue weighted by Crippen LogP contribution is -2.04. The summed E-state index contributed by atoms with van der Waals surface area (Å²) in [7, 11) is 0. The Hall–Kier alpha value is -0.670. The summed E-state index contributed by atoms with van der Waals surface area (Å²) in [6, 6.07) is 1.82. The molecule has 0 aliphatic rings. The fraction of sp³-hybridized carbons (Fsp3) is 0.636. The third kappa shape index (κ3) is 4.58. The average molecular weight is 229 g/mol. The van der Waals surface area contributed by atoms with Gasteiger partial charge in [0.05, 0.1) is 0 Å². The SMILES string of the molecule is CCOCc1nc(Cl)cc(CC(C)C)n1. The van der Waals surface area contributed by atoms with Crippen LogP contribution in [0, 0.1) is 5.92 Å². The molecule has 0 unspecified atom stereocenters. The van der Waals surface area contributed by atoms with Crippen molar-refractivity contribution in [1.82, 2.24) is 9.97 Å². The van der Waals surface area contributed by atoms with E-state index in [4.69, 9.17) is 16.3 Å². The molecule has 0 radical (unpaired) electrons. The fourth-order valence-electron chi connectivity index (χ4n) is 1.30. The highest BCUT2D eigenvalue weighted by Crippen LogP contribution is 2.11. The molecule has 0 fully saturated rings. The van der Waals surface area contributed by atoms with Gasteiger partial charge >= 0.3 is 0 Å². The van der Waals surface area contributed by atoms with Crippen LogP contribution < -0.4 is 0 Å². The van der Waals surface area contributed by atoms with Crippen LogP contribution in [0.25, 0.3) is 0 Å². The number of aromatic nitrogens is 2. The van der Waals surface area contributed by atoms with E-state index in [1.165, 1.54) is 0 Å². The Labute approximate surface area is 95.8 Å². The molecule has 0 aliphatic carbocycles. The number of hydrogen-bond donors (Lipinski definition) is 0. The number of halogens is 1. The van der Waals surface area contributed by atoms with Gasteiger partial charge in [0.1, 0.15) is 11.8 Å². The Morgan fingerprint density at radius 3 is 2.73 bits per heavy atom. The molecule has 0 N–H and O–H groups in total. The molecule has 1 rings (SSSR count). The third-order valence-electron chi connectivity index (χ3n) is 1.85. The van der Waals surface area contributed by atoms with Gasteiger partial charge in [-0.3, -0.25) is 0 Å². The number of nitrogens with zero attached hydrogens (tertiary/aromatic N) is 2. The first-order valence-electron chi connectivity index (χ1n) is 5.22. The predicted octanol–water partition coefficient (Wildman–Crippen LogP) is 2.87. The zero-order chi connectivity index (χ0) is 11.3. The summed E-state index contributed by atoms with van der Waals surface area (Å²) < 4.78 is 5.25. The molecule has 15 heavy (non-hydrogen) atoms. The Bertz CT molecular complexity index is 315. The van der Waals surface area contributed by atoms with E-state index in [2.05, 4.69) is 23.8 Å². The van der Waals surface area contributed by atoms with Gasteiger partial charge < -0.3 is 4.74 Å². The molecule has 1 aromatic rings. The van der Waals surface area contributed by atoms with E-state index in [-0.39, 0.29) is 0 Å². The monoisotopic (exact) mass is 228 g/mol. The van der Waals surface area contributed by atoms with Crippen molar-refractivity contribution in [2.75, 3.05) is 6.61 Å². The highest BCUT2D eigenvalue weighted by Gasteiger charge is 2.05. The van der Waals surface area contributed by atoms with Crippen molar-refractivity contribution in [1.29, 1.82) is 0 Å². The molecule has 0 bridgehead atoms. The van der Waals surface area contributed by atoms with E-state index in [1.807, 2.05) is 13.0 Å². The zero-order valence-corrected chi connectivity index (χ0v) is 10.2. The molecule has 84 valence electrons. The normalized spacial score (nSPS) is 11.0. The van der Waals surface area contributed by atoms with Crippen LogP contribution in [-0.2, 0) is 17.8 Å². The molecule has 0 aromatic carbocycles. The maximum Gasteiger partial charge on any atom is 0.155 e. The van der Waals surface area contributed by atoms with Crippen LogP contribution in [-0.4, -0.2) is 16.6 Å². The van der Waals surface area contributed by atoms with E-state index in [0.29, 0.717) is 30.1 Å². The second kappa shape index (κ2) is 6.03. The van der Waals surface area contributed by atoms with Crippen molar-refractivity contribution >= 4 is 11.6 Å². The molecule has 0 aliphatic heterocycles. The summed E-state index contributed by atoms with van der Waals surface area (Å²) in [5.74, 6) is 1.23. The van der Waals surface area contributed by atoms with Crippen LogP contribution in [0.1, 0.15) is 32.3 Å². The molecule has 0 saturated heterocycles. The predicted molar refractivity (Wildman–Crippen MR) is 60.9 cm³/mol. The van der Waals surface area contributed by atoms with Crippen LogP contribution in [0.5, 0.6) is 0 Å². The summed E-state index contributed by atoms with van der Waals surface area (Å²) in [4.78, 5) is 8.50. The Morgan fingerprint density at radius 1 is 1.40 bits per heavy atom. The quantitative estimate of drug-likeness (QED) is 0.727. The first-order chi connectivity index (χ1) is 7.11. The molecular formula is C11H17ClN2O. The van der Waals surface area contributed by atoms with Crippen molar-refractivity contribution in [2.24, 2.45) is 5.92 Å². The number of rotatable bonds is 5. The molecule has 0 spiro atoms. The summed E-state index contributed by atoms with van der Waals surface area (Å²) in [6.07, 6.45) is 0.918.